The van der Waals surface area contributed by atoms with E-state index >= 15 is 0 Å². The van der Waals surface area contributed by atoms with Crippen molar-refractivity contribution in [2.75, 3.05) is 5.32 Å². The lowest BCUT2D eigenvalue weighted by atomic mass is 9.97. The third-order valence-corrected chi connectivity index (χ3v) is 4.61. The number of halogens is 2. The van der Waals surface area contributed by atoms with Crippen LogP contribution in [0, 0.1) is 0 Å². The molecule has 4 unspecified atom stereocenters. The van der Waals surface area contributed by atoms with Gasteiger partial charge in [0.25, 0.3) is 0 Å². The summed E-state index contributed by atoms with van der Waals surface area (Å²) in [6.07, 6.45) is -0.268. The molecule has 1 aliphatic rings. The Morgan fingerprint density at radius 3 is 2.32 bits per heavy atom. The van der Waals surface area contributed by atoms with E-state index in [1.807, 2.05) is 13.8 Å². The minimum atomic E-state index is -0.799. The molecular weight excluding hydrogens is 365 g/mol. The van der Waals surface area contributed by atoms with E-state index in [-0.39, 0.29) is 24.1 Å². The third kappa shape index (κ3) is 5.07. The van der Waals surface area contributed by atoms with Gasteiger partial charge in [-0.25, -0.2) is 0 Å². The summed E-state index contributed by atoms with van der Waals surface area (Å²) in [5, 5.41) is 9.87. The molecular formula is C17H23Cl2N3O3. The maximum Gasteiger partial charge on any atom is 0.325 e. The number of nitrogens with one attached hydrogen (secondary N) is 3. The van der Waals surface area contributed by atoms with E-state index < -0.39 is 18.1 Å². The van der Waals surface area contributed by atoms with Crippen molar-refractivity contribution in [2.24, 2.45) is 0 Å². The van der Waals surface area contributed by atoms with Crippen LogP contribution in [0.25, 0.3) is 0 Å². The number of carbonyl (C=O) groups excluding carboxylic acids is 2. The molecule has 1 aromatic rings. The van der Waals surface area contributed by atoms with Crippen LogP contribution in [0.2, 0.25) is 10.0 Å². The average molecular weight is 388 g/mol. The lowest BCUT2D eigenvalue weighted by molar-refractivity contribution is -0.153. The Balaban J connectivity index is 2.20. The van der Waals surface area contributed by atoms with Gasteiger partial charge in [0.1, 0.15) is 12.1 Å². The number of hydrogen-bond donors (Lipinski definition) is 3. The molecule has 1 aliphatic heterocycles. The van der Waals surface area contributed by atoms with E-state index in [2.05, 4.69) is 16.0 Å². The van der Waals surface area contributed by atoms with E-state index in [9.17, 15) is 9.59 Å². The van der Waals surface area contributed by atoms with Crippen LogP contribution in [-0.2, 0) is 14.3 Å². The standard InChI is InChI=1S/C17H23Cl2N3O3/c1-8(2)25-17(24)15-14(20-9(3)10(4)21-15)16(23)22-13-7-11(18)5-6-12(13)19/h5-10,14-15,20-21H,1-4H3,(H,22,23). The Morgan fingerprint density at radius 2 is 1.72 bits per heavy atom. The second kappa shape index (κ2) is 8.36. The second-order valence-electron chi connectivity index (χ2n) is 6.47. The Morgan fingerprint density at radius 1 is 1.12 bits per heavy atom. The summed E-state index contributed by atoms with van der Waals surface area (Å²) in [5.74, 6) is -0.861. The highest BCUT2D eigenvalue weighted by Crippen LogP contribution is 2.26. The number of hydrogen-bond acceptors (Lipinski definition) is 5. The molecule has 2 rings (SSSR count). The minimum absolute atomic E-state index is 0.00326. The minimum Gasteiger partial charge on any atom is -0.462 e. The predicted octanol–water partition coefficient (Wildman–Crippen LogP) is 2.59. The van der Waals surface area contributed by atoms with Gasteiger partial charge in [-0.1, -0.05) is 23.2 Å². The predicted molar refractivity (Wildman–Crippen MR) is 99.1 cm³/mol. The lowest BCUT2D eigenvalue weighted by Gasteiger charge is -2.39. The van der Waals surface area contributed by atoms with Gasteiger partial charge in [0.05, 0.1) is 16.8 Å². The Hall–Kier alpha value is -1.34. The lowest BCUT2D eigenvalue weighted by Crippen LogP contribution is -2.69. The molecule has 0 spiro atoms. The molecule has 0 aromatic heterocycles. The van der Waals surface area contributed by atoms with E-state index in [0.29, 0.717) is 15.7 Å². The summed E-state index contributed by atoms with van der Waals surface area (Å²) in [6, 6.07) is 3.19. The SMILES string of the molecule is CC(C)OC(=O)C1NC(C)C(C)NC1C(=O)Nc1cc(Cl)ccc1Cl. The molecule has 8 heteroatoms. The number of ether oxygens (including phenoxy) is 1. The maximum absolute atomic E-state index is 12.8. The van der Waals surface area contributed by atoms with Crippen molar-refractivity contribution < 1.29 is 14.3 Å². The van der Waals surface area contributed by atoms with Crippen molar-refractivity contribution in [2.45, 2.75) is 58.0 Å². The third-order valence-electron chi connectivity index (χ3n) is 4.04. The fourth-order valence-corrected chi connectivity index (χ4v) is 2.93. The molecule has 0 radical (unpaired) electrons. The van der Waals surface area contributed by atoms with Gasteiger partial charge in [-0.15, -0.1) is 0 Å². The van der Waals surface area contributed by atoms with Gasteiger partial charge >= 0.3 is 5.97 Å². The van der Waals surface area contributed by atoms with Crippen LogP contribution in [0.3, 0.4) is 0 Å². The van der Waals surface area contributed by atoms with E-state index in [0.717, 1.165) is 0 Å². The first-order valence-electron chi connectivity index (χ1n) is 8.17. The van der Waals surface area contributed by atoms with Gasteiger partial charge in [-0.3, -0.25) is 20.2 Å². The van der Waals surface area contributed by atoms with Gasteiger partial charge in [-0.2, -0.15) is 0 Å². The number of piperazine rings is 1. The smallest absolute Gasteiger partial charge is 0.325 e. The molecule has 1 fully saturated rings. The van der Waals surface area contributed by atoms with Gasteiger partial charge in [0.15, 0.2) is 0 Å². The number of carbonyl (C=O) groups is 2. The Bertz CT molecular complexity index is 654. The van der Waals surface area contributed by atoms with Crippen LogP contribution in [0.1, 0.15) is 27.7 Å². The number of anilines is 1. The topological polar surface area (TPSA) is 79.5 Å². The van der Waals surface area contributed by atoms with Crippen molar-refractivity contribution in [3.63, 3.8) is 0 Å². The highest BCUT2D eigenvalue weighted by molar-refractivity contribution is 6.35. The molecule has 1 heterocycles. The molecule has 1 aromatic carbocycles. The van der Waals surface area contributed by atoms with E-state index in [4.69, 9.17) is 27.9 Å². The summed E-state index contributed by atoms with van der Waals surface area (Å²) in [5.41, 5.74) is 0.392. The molecule has 0 saturated carbocycles. The first kappa shape index (κ1) is 20.0. The summed E-state index contributed by atoms with van der Waals surface area (Å²) < 4.78 is 5.28. The van der Waals surface area contributed by atoms with Crippen molar-refractivity contribution >= 4 is 40.8 Å². The molecule has 1 saturated heterocycles. The van der Waals surface area contributed by atoms with Gasteiger partial charge in [0, 0.05) is 17.1 Å². The van der Waals surface area contributed by atoms with Gasteiger partial charge in [0.2, 0.25) is 5.91 Å². The zero-order valence-corrected chi connectivity index (χ0v) is 16.1. The number of benzene rings is 1. The number of esters is 1. The fourth-order valence-electron chi connectivity index (χ4n) is 2.59. The average Bonchev–Trinajstić information content (AvgIpc) is 2.52. The second-order valence-corrected chi connectivity index (χ2v) is 7.31. The van der Waals surface area contributed by atoms with Crippen LogP contribution in [0.15, 0.2) is 18.2 Å². The maximum atomic E-state index is 12.8. The highest BCUT2D eigenvalue weighted by Gasteiger charge is 2.41. The molecule has 0 aliphatic carbocycles. The van der Waals surface area contributed by atoms with Crippen LogP contribution in [-0.4, -0.2) is 42.1 Å². The monoisotopic (exact) mass is 387 g/mol. The van der Waals surface area contributed by atoms with Crippen molar-refractivity contribution in [1.29, 1.82) is 0 Å². The highest BCUT2D eigenvalue weighted by atomic mass is 35.5. The van der Waals surface area contributed by atoms with Crippen LogP contribution < -0.4 is 16.0 Å². The zero-order chi connectivity index (χ0) is 18.7. The van der Waals surface area contributed by atoms with Gasteiger partial charge < -0.3 is 10.1 Å². The normalized spacial score (nSPS) is 26.4. The van der Waals surface area contributed by atoms with Crippen molar-refractivity contribution in [3.8, 4) is 0 Å². The molecule has 138 valence electrons. The van der Waals surface area contributed by atoms with Crippen LogP contribution in [0.5, 0.6) is 0 Å². The van der Waals surface area contributed by atoms with Crippen LogP contribution >= 0.6 is 23.2 Å². The Kier molecular flexibility index (Phi) is 6.68. The van der Waals surface area contributed by atoms with E-state index in [1.54, 1.807) is 32.0 Å². The fraction of sp³-hybridized carbons (Fsp3) is 0.529. The first-order chi connectivity index (χ1) is 11.7. The van der Waals surface area contributed by atoms with E-state index in [1.165, 1.54) is 0 Å². The molecule has 4 atom stereocenters. The quantitative estimate of drug-likeness (QED) is 0.691. The largest absolute Gasteiger partial charge is 0.462 e. The summed E-state index contributed by atoms with van der Waals surface area (Å²) in [4.78, 5) is 25.2. The molecule has 3 N–H and O–H groups in total. The molecule has 6 nitrogen and oxygen atoms in total. The first-order valence-corrected chi connectivity index (χ1v) is 8.93. The zero-order valence-electron chi connectivity index (χ0n) is 14.6. The molecule has 0 bridgehead atoms. The van der Waals surface area contributed by atoms with Crippen molar-refractivity contribution in [1.82, 2.24) is 10.6 Å². The van der Waals surface area contributed by atoms with Gasteiger partial charge in [-0.05, 0) is 45.9 Å². The summed E-state index contributed by atoms with van der Waals surface area (Å²) >= 11 is 12.1. The summed E-state index contributed by atoms with van der Waals surface area (Å²) in [7, 11) is 0. The number of rotatable bonds is 4. The molecule has 25 heavy (non-hydrogen) atoms. The van der Waals surface area contributed by atoms with Crippen molar-refractivity contribution in [3.05, 3.63) is 28.2 Å². The summed E-state index contributed by atoms with van der Waals surface area (Å²) in [6.45, 7) is 7.41. The number of amides is 1. The Labute approximate surface area is 157 Å². The molecule has 1 amide bonds. The van der Waals surface area contributed by atoms with Crippen LogP contribution in [0.4, 0.5) is 5.69 Å².